The van der Waals surface area contributed by atoms with Crippen molar-refractivity contribution in [2.75, 3.05) is 13.1 Å². The number of fused-ring (bicyclic) bond motifs is 1. The molecule has 1 aromatic heterocycles. The van der Waals surface area contributed by atoms with Crippen molar-refractivity contribution in [3.63, 3.8) is 0 Å². The average Bonchev–Trinajstić information content (AvgIpc) is 2.84. The van der Waals surface area contributed by atoms with E-state index in [2.05, 4.69) is 15.6 Å². The van der Waals surface area contributed by atoms with Crippen molar-refractivity contribution in [2.45, 2.75) is 51.6 Å². The number of rotatable bonds is 6. The molecule has 1 aromatic rings. The molecule has 0 saturated carbocycles. The molecule has 0 aromatic carbocycles. The Hall–Kier alpha value is -1.14. The maximum absolute atomic E-state index is 11.4. The molecule has 1 aliphatic carbocycles. The predicted molar refractivity (Wildman–Crippen MR) is 80.2 cm³/mol. The SMILES string of the molecule is C[C@@H](O)CNC(=O)NCCCc1nc2c(s1)CCCC2. The summed E-state index contributed by atoms with van der Waals surface area (Å²) in [7, 11) is 0. The quantitative estimate of drug-likeness (QED) is 0.699. The van der Waals surface area contributed by atoms with Crippen LogP contribution in [0.4, 0.5) is 4.79 Å². The minimum absolute atomic E-state index is 0.218. The molecular formula is C14H23N3O2S. The Morgan fingerprint density at radius 1 is 1.40 bits per heavy atom. The fraction of sp³-hybridized carbons (Fsp3) is 0.714. The highest BCUT2D eigenvalue weighted by Crippen LogP contribution is 2.27. The Bertz CT molecular complexity index is 422. The van der Waals surface area contributed by atoms with Crippen LogP contribution in [0.15, 0.2) is 0 Å². The summed E-state index contributed by atoms with van der Waals surface area (Å²) in [6, 6.07) is -0.218. The Balaban J connectivity index is 1.63. The van der Waals surface area contributed by atoms with Crippen LogP contribution in [0.3, 0.4) is 0 Å². The van der Waals surface area contributed by atoms with E-state index < -0.39 is 6.10 Å². The summed E-state index contributed by atoms with van der Waals surface area (Å²) in [6.45, 7) is 2.56. The van der Waals surface area contributed by atoms with Crippen molar-refractivity contribution in [2.24, 2.45) is 0 Å². The number of hydrogen-bond acceptors (Lipinski definition) is 4. The lowest BCUT2D eigenvalue weighted by molar-refractivity contribution is 0.187. The molecule has 20 heavy (non-hydrogen) atoms. The number of urea groups is 1. The molecule has 0 spiro atoms. The van der Waals surface area contributed by atoms with Crippen LogP contribution in [0.2, 0.25) is 0 Å². The van der Waals surface area contributed by atoms with Gasteiger partial charge in [-0.2, -0.15) is 0 Å². The monoisotopic (exact) mass is 297 g/mol. The van der Waals surface area contributed by atoms with E-state index in [9.17, 15) is 4.79 Å². The summed E-state index contributed by atoms with van der Waals surface area (Å²) < 4.78 is 0. The van der Waals surface area contributed by atoms with Crippen LogP contribution in [0.5, 0.6) is 0 Å². The third-order valence-corrected chi connectivity index (χ3v) is 4.52. The van der Waals surface area contributed by atoms with Gasteiger partial charge >= 0.3 is 6.03 Å². The number of aryl methyl sites for hydroxylation is 3. The Labute approximate surface area is 123 Å². The molecular weight excluding hydrogens is 274 g/mol. The first kappa shape index (κ1) is 15.3. The van der Waals surface area contributed by atoms with Crippen molar-refractivity contribution in [3.05, 3.63) is 15.6 Å². The van der Waals surface area contributed by atoms with Crippen LogP contribution >= 0.6 is 11.3 Å². The van der Waals surface area contributed by atoms with E-state index in [-0.39, 0.29) is 12.6 Å². The molecule has 0 aliphatic heterocycles. The predicted octanol–water partition coefficient (Wildman–Crippen LogP) is 1.63. The van der Waals surface area contributed by atoms with Gasteiger partial charge in [0.25, 0.3) is 0 Å². The van der Waals surface area contributed by atoms with Gasteiger partial charge in [0.1, 0.15) is 0 Å². The standard InChI is InChI=1S/C14H23N3O2S/c1-10(18)9-16-14(19)15-8-4-7-13-17-11-5-2-3-6-12(11)20-13/h10,18H,2-9H2,1H3,(H2,15,16,19)/t10-/m1/s1. The summed E-state index contributed by atoms with van der Waals surface area (Å²) in [6.07, 6.45) is 6.19. The zero-order chi connectivity index (χ0) is 14.4. The molecule has 6 heteroatoms. The van der Waals surface area contributed by atoms with E-state index in [0.29, 0.717) is 6.54 Å². The molecule has 0 radical (unpaired) electrons. The number of carbonyl (C=O) groups excluding carboxylic acids is 1. The van der Waals surface area contributed by atoms with Gasteiger partial charge in [0.05, 0.1) is 16.8 Å². The van der Waals surface area contributed by atoms with Crippen molar-refractivity contribution in [3.8, 4) is 0 Å². The number of aliphatic hydroxyl groups excluding tert-OH is 1. The number of aromatic nitrogens is 1. The molecule has 3 N–H and O–H groups in total. The molecule has 1 atom stereocenters. The van der Waals surface area contributed by atoms with E-state index in [4.69, 9.17) is 5.11 Å². The number of hydrogen-bond donors (Lipinski definition) is 3. The summed E-state index contributed by atoms with van der Waals surface area (Å²) in [4.78, 5) is 17.5. The summed E-state index contributed by atoms with van der Waals surface area (Å²) in [5.41, 5.74) is 1.30. The third kappa shape index (κ3) is 4.76. The Morgan fingerprint density at radius 3 is 2.95 bits per heavy atom. The largest absolute Gasteiger partial charge is 0.392 e. The van der Waals surface area contributed by atoms with Crippen molar-refractivity contribution in [1.82, 2.24) is 15.6 Å². The van der Waals surface area contributed by atoms with Gasteiger partial charge in [-0.05, 0) is 39.0 Å². The second kappa shape index (κ2) is 7.59. The fourth-order valence-electron chi connectivity index (χ4n) is 2.26. The minimum atomic E-state index is -0.512. The van der Waals surface area contributed by atoms with Gasteiger partial charge in [-0.3, -0.25) is 0 Å². The van der Waals surface area contributed by atoms with E-state index >= 15 is 0 Å². The topological polar surface area (TPSA) is 74.2 Å². The smallest absolute Gasteiger partial charge is 0.314 e. The lowest BCUT2D eigenvalue weighted by Crippen LogP contribution is -2.39. The van der Waals surface area contributed by atoms with Gasteiger partial charge in [-0.25, -0.2) is 9.78 Å². The number of amides is 2. The maximum Gasteiger partial charge on any atom is 0.314 e. The molecule has 0 saturated heterocycles. The average molecular weight is 297 g/mol. The number of thiazole rings is 1. The molecule has 112 valence electrons. The zero-order valence-electron chi connectivity index (χ0n) is 11.9. The van der Waals surface area contributed by atoms with Gasteiger partial charge in [-0.15, -0.1) is 11.3 Å². The first-order valence-corrected chi connectivity index (χ1v) is 8.14. The van der Waals surface area contributed by atoms with Crippen LogP contribution in [-0.2, 0) is 19.3 Å². The second-order valence-electron chi connectivity index (χ2n) is 5.27. The first-order valence-electron chi connectivity index (χ1n) is 7.32. The maximum atomic E-state index is 11.4. The highest BCUT2D eigenvalue weighted by molar-refractivity contribution is 7.11. The van der Waals surface area contributed by atoms with E-state index in [1.165, 1.54) is 34.8 Å². The van der Waals surface area contributed by atoms with Gasteiger partial charge in [0.2, 0.25) is 0 Å². The number of carbonyl (C=O) groups is 1. The van der Waals surface area contributed by atoms with Gasteiger partial charge < -0.3 is 15.7 Å². The van der Waals surface area contributed by atoms with E-state index in [1.54, 1.807) is 6.92 Å². The van der Waals surface area contributed by atoms with Crippen LogP contribution in [-0.4, -0.2) is 35.3 Å². The number of nitrogens with zero attached hydrogens (tertiary/aromatic N) is 1. The van der Waals surface area contributed by atoms with Gasteiger partial charge in [0.15, 0.2) is 0 Å². The van der Waals surface area contributed by atoms with Crippen LogP contribution in [0.25, 0.3) is 0 Å². The zero-order valence-corrected chi connectivity index (χ0v) is 12.8. The first-order chi connectivity index (χ1) is 9.65. The molecule has 1 aliphatic rings. The lowest BCUT2D eigenvalue weighted by atomic mass is 10.0. The molecule has 5 nitrogen and oxygen atoms in total. The van der Waals surface area contributed by atoms with Gasteiger partial charge in [-0.1, -0.05) is 0 Å². The minimum Gasteiger partial charge on any atom is -0.392 e. The molecule has 0 fully saturated rings. The Morgan fingerprint density at radius 2 is 2.20 bits per heavy atom. The molecule has 0 unspecified atom stereocenters. The normalized spacial score (nSPS) is 15.5. The summed E-state index contributed by atoms with van der Waals surface area (Å²) in [5, 5.41) is 15.6. The number of nitrogens with one attached hydrogen (secondary N) is 2. The Kier molecular flexibility index (Phi) is 5.79. The lowest BCUT2D eigenvalue weighted by Gasteiger charge is -2.08. The molecule has 1 heterocycles. The van der Waals surface area contributed by atoms with Crippen molar-refractivity contribution < 1.29 is 9.90 Å². The van der Waals surface area contributed by atoms with E-state index in [0.717, 1.165) is 19.3 Å². The van der Waals surface area contributed by atoms with Crippen LogP contribution < -0.4 is 10.6 Å². The highest BCUT2D eigenvalue weighted by atomic mass is 32.1. The van der Waals surface area contributed by atoms with Crippen molar-refractivity contribution in [1.29, 1.82) is 0 Å². The van der Waals surface area contributed by atoms with Crippen LogP contribution in [0, 0.1) is 0 Å². The van der Waals surface area contributed by atoms with Crippen molar-refractivity contribution >= 4 is 17.4 Å². The second-order valence-corrected chi connectivity index (χ2v) is 6.44. The number of aliphatic hydroxyl groups is 1. The molecule has 2 amide bonds. The van der Waals surface area contributed by atoms with Crippen LogP contribution in [0.1, 0.15) is 41.8 Å². The fourth-order valence-corrected chi connectivity index (χ4v) is 3.46. The van der Waals surface area contributed by atoms with Gasteiger partial charge in [0, 0.05) is 24.4 Å². The molecule has 2 rings (SSSR count). The van der Waals surface area contributed by atoms with E-state index in [1.807, 2.05) is 11.3 Å². The highest BCUT2D eigenvalue weighted by Gasteiger charge is 2.14. The summed E-state index contributed by atoms with van der Waals surface area (Å²) >= 11 is 1.84. The molecule has 0 bridgehead atoms. The third-order valence-electron chi connectivity index (χ3n) is 3.30. The summed E-state index contributed by atoms with van der Waals surface area (Å²) in [5.74, 6) is 0.